The number of nitrogen functional groups attached to an aromatic ring is 1. The van der Waals surface area contributed by atoms with Crippen molar-refractivity contribution in [1.82, 2.24) is 9.88 Å². The Hall–Kier alpha value is -1.81. The highest BCUT2D eigenvalue weighted by Crippen LogP contribution is 2.22. The molecule has 1 saturated heterocycles. The number of rotatable bonds is 2. The van der Waals surface area contributed by atoms with Gasteiger partial charge in [0.05, 0.1) is 5.52 Å². The zero-order chi connectivity index (χ0) is 14.1. The number of likely N-dealkylation sites (tertiary alicyclic amines) is 1. The van der Waals surface area contributed by atoms with Gasteiger partial charge in [-0.25, -0.2) is 4.98 Å². The molecule has 2 atom stereocenters. The lowest BCUT2D eigenvalue weighted by Crippen LogP contribution is -2.42. The summed E-state index contributed by atoms with van der Waals surface area (Å²) in [7, 11) is 2.19. The third kappa shape index (κ3) is 2.70. The number of nitrogens with one attached hydrogen (secondary N) is 1. The summed E-state index contributed by atoms with van der Waals surface area (Å²) in [6.07, 6.45) is 2.33. The number of fused-ring (bicyclic) bond motifs is 1. The molecule has 1 aromatic heterocycles. The summed E-state index contributed by atoms with van der Waals surface area (Å²) in [5.41, 5.74) is 7.56. The van der Waals surface area contributed by atoms with E-state index in [1.807, 2.05) is 24.3 Å². The van der Waals surface area contributed by atoms with Gasteiger partial charge in [-0.15, -0.1) is 0 Å². The second-order valence-electron chi connectivity index (χ2n) is 5.84. The Balaban J connectivity index is 1.76. The molecule has 106 valence electrons. The molecule has 0 aliphatic carbocycles. The quantitative estimate of drug-likeness (QED) is 0.824. The lowest BCUT2D eigenvalue weighted by atomic mass is 9.99. The van der Waals surface area contributed by atoms with E-state index in [1.165, 1.54) is 6.42 Å². The first kappa shape index (κ1) is 13.2. The highest BCUT2D eigenvalue weighted by atomic mass is 15.2. The van der Waals surface area contributed by atoms with E-state index in [0.29, 0.717) is 12.1 Å². The van der Waals surface area contributed by atoms with Crippen molar-refractivity contribution in [2.45, 2.75) is 31.8 Å². The number of hydrogen-bond acceptors (Lipinski definition) is 4. The summed E-state index contributed by atoms with van der Waals surface area (Å²) < 4.78 is 0. The number of pyridine rings is 1. The topological polar surface area (TPSA) is 54.2 Å². The van der Waals surface area contributed by atoms with Gasteiger partial charge in [-0.05, 0) is 57.1 Å². The van der Waals surface area contributed by atoms with E-state index in [0.717, 1.165) is 35.4 Å². The summed E-state index contributed by atoms with van der Waals surface area (Å²) >= 11 is 0. The number of nitrogens with zero attached hydrogens (tertiary/aromatic N) is 2. The van der Waals surface area contributed by atoms with Crippen LogP contribution in [0.4, 0.5) is 11.5 Å². The molecule has 4 heteroatoms. The maximum Gasteiger partial charge on any atom is 0.126 e. The Labute approximate surface area is 120 Å². The Morgan fingerprint density at radius 3 is 2.95 bits per heavy atom. The van der Waals surface area contributed by atoms with Crippen LogP contribution in [0.2, 0.25) is 0 Å². The van der Waals surface area contributed by atoms with Crippen molar-refractivity contribution in [3.8, 4) is 0 Å². The van der Waals surface area contributed by atoms with Crippen LogP contribution in [0.3, 0.4) is 0 Å². The molecule has 1 aromatic carbocycles. The molecule has 0 bridgehead atoms. The van der Waals surface area contributed by atoms with Crippen molar-refractivity contribution in [3.63, 3.8) is 0 Å². The standard InChI is InChI=1S/C16H22N4/c1-11-9-14(7-8-20(11)2)18-16-6-3-12-10-13(17)4-5-15(12)19-16/h3-6,10-11,14H,7-9,17H2,1-2H3,(H,18,19). The number of benzene rings is 1. The second-order valence-corrected chi connectivity index (χ2v) is 5.84. The average Bonchev–Trinajstić information content (AvgIpc) is 2.43. The molecule has 0 saturated carbocycles. The molecule has 1 aliphatic rings. The lowest BCUT2D eigenvalue weighted by Gasteiger charge is -2.35. The van der Waals surface area contributed by atoms with E-state index in [-0.39, 0.29) is 0 Å². The molecule has 1 aliphatic heterocycles. The zero-order valence-corrected chi connectivity index (χ0v) is 12.1. The Bertz CT molecular complexity index is 610. The van der Waals surface area contributed by atoms with Crippen molar-refractivity contribution < 1.29 is 0 Å². The summed E-state index contributed by atoms with van der Waals surface area (Å²) in [5.74, 6) is 0.962. The van der Waals surface area contributed by atoms with Crippen LogP contribution in [0.1, 0.15) is 19.8 Å². The van der Waals surface area contributed by atoms with Gasteiger partial charge < -0.3 is 16.0 Å². The van der Waals surface area contributed by atoms with Crippen molar-refractivity contribution >= 4 is 22.4 Å². The number of nitrogens with two attached hydrogens (primary N) is 1. The smallest absolute Gasteiger partial charge is 0.126 e. The monoisotopic (exact) mass is 270 g/mol. The molecule has 0 radical (unpaired) electrons. The average molecular weight is 270 g/mol. The van der Waals surface area contributed by atoms with E-state index in [2.05, 4.69) is 35.2 Å². The normalized spacial score (nSPS) is 23.9. The van der Waals surface area contributed by atoms with Gasteiger partial charge in [0.15, 0.2) is 0 Å². The summed E-state index contributed by atoms with van der Waals surface area (Å²) in [6.45, 7) is 3.42. The SMILES string of the molecule is CC1CC(Nc2ccc3cc(N)ccc3n2)CCN1C. The Morgan fingerprint density at radius 1 is 1.30 bits per heavy atom. The fraction of sp³-hybridized carbons (Fsp3) is 0.438. The predicted molar refractivity (Wildman–Crippen MR) is 84.9 cm³/mol. The van der Waals surface area contributed by atoms with Crippen LogP contribution in [-0.2, 0) is 0 Å². The first-order valence-corrected chi connectivity index (χ1v) is 7.25. The predicted octanol–water partition coefficient (Wildman–Crippen LogP) is 2.71. The molecule has 3 N–H and O–H groups in total. The fourth-order valence-electron chi connectivity index (χ4n) is 2.85. The lowest BCUT2D eigenvalue weighted by molar-refractivity contribution is 0.190. The van der Waals surface area contributed by atoms with Gasteiger partial charge in [0.25, 0.3) is 0 Å². The van der Waals surface area contributed by atoms with E-state index in [9.17, 15) is 0 Å². The fourth-order valence-corrected chi connectivity index (χ4v) is 2.85. The molecular weight excluding hydrogens is 248 g/mol. The van der Waals surface area contributed by atoms with Crippen molar-refractivity contribution in [2.24, 2.45) is 0 Å². The van der Waals surface area contributed by atoms with E-state index in [4.69, 9.17) is 5.73 Å². The first-order chi connectivity index (χ1) is 9.61. The molecule has 1 fully saturated rings. The molecule has 20 heavy (non-hydrogen) atoms. The second kappa shape index (κ2) is 5.29. The molecule has 2 heterocycles. The molecule has 0 spiro atoms. The largest absolute Gasteiger partial charge is 0.399 e. The number of piperidine rings is 1. The third-order valence-electron chi connectivity index (χ3n) is 4.27. The van der Waals surface area contributed by atoms with Gasteiger partial charge >= 0.3 is 0 Å². The molecule has 4 nitrogen and oxygen atoms in total. The van der Waals surface area contributed by atoms with Gasteiger partial charge in [0, 0.05) is 29.7 Å². The van der Waals surface area contributed by atoms with E-state index >= 15 is 0 Å². The van der Waals surface area contributed by atoms with Crippen LogP contribution < -0.4 is 11.1 Å². The summed E-state index contributed by atoms with van der Waals surface area (Å²) in [4.78, 5) is 7.09. The number of anilines is 2. The highest BCUT2D eigenvalue weighted by molar-refractivity contribution is 5.83. The van der Waals surface area contributed by atoms with Crippen LogP contribution in [0.5, 0.6) is 0 Å². The zero-order valence-electron chi connectivity index (χ0n) is 12.1. The first-order valence-electron chi connectivity index (χ1n) is 7.25. The van der Waals surface area contributed by atoms with Crippen LogP contribution >= 0.6 is 0 Å². The minimum absolute atomic E-state index is 0.514. The van der Waals surface area contributed by atoms with E-state index in [1.54, 1.807) is 0 Å². The van der Waals surface area contributed by atoms with E-state index < -0.39 is 0 Å². The molecule has 2 unspecified atom stereocenters. The number of aromatic nitrogens is 1. The molecular formula is C16H22N4. The van der Waals surface area contributed by atoms with Gasteiger partial charge in [-0.1, -0.05) is 0 Å². The van der Waals surface area contributed by atoms with Crippen molar-refractivity contribution in [1.29, 1.82) is 0 Å². The third-order valence-corrected chi connectivity index (χ3v) is 4.27. The van der Waals surface area contributed by atoms with Gasteiger partial charge in [0.2, 0.25) is 0 Å². The molecule has 0 amide bonds. The van der Waals surface area contributed by atoms with Crippen LogP contribution in [0.15, 0.2) is 30.3 Å². The minimum atomic E-state index is 0.514. The van der Waals surface area contributed by atoms with Gasteiger partial charge in [-0.3, -0.25) is 0 Å². The molecule has 3 rings (SSSR count). The van der Waals surface area contributed by atoms with Crippen molar-refractivity contribution in [2.75, 3.05) is 24.6 Å². The van der Waals surface area contributed by atoms with Gasteiger partial charge in [0.1, 0.15) is 5.82 Å². The van der Waals surface area contributed by atoms with Gasteiger partial charge in [-0.2, -0.15) is 0 Å². The van der Waals surface area contributed by atoms with Crippen LogP contribution in [0, 0.1) is 0 Å². The minimum Gasteiger partial charge on any atom is -0.399 e. The summed E-state index contributed by atoms with van der Waals surface area (Å²) in [6, 6.07) is 11.1. The van der Waals surface area contributed by atoms with Crippen LogP contribution in [0.25, 0.3) is 10.9 Å². The van der Waals surface area contributed by atoms with Crippen LogP contribution in [-0.4, -0.2) is 35.6 Å². The van der Waals surface area contributed by atoms with Crippen molar-refractivity contribution in [3.05, 3.63) is 30.3 Å². The Morgan fingerprint density at radius 2 is 2.15 bits per heavy atom. The number of hydrogen-bond donors (Lipinski definition) is 2. The Kier molecular flexibility index (Phi) is 3.49. The maximum absolute atomic E-state index is 5.79. The highest BCUT2D eigenvalue weighted by Gasteiger charge is 2.22. The summed E-state index contributed by atoms with van der Waals surface area (Å²) in [5, 5.41) is 4.66. The maximum atomic E-state index is 5.79. The molecule has 2 aromatic rings.